The lowest BCUT2D eigenvalue weighted by Gasteiger charge is -2.05. The molecule has 0 aliphatic heterocycles. The van der Waals surface area contributed by atoms with E-state index >= 15 is 0 Å². The second-order valence-corrected chi connectivity index (χ2v) is 3.62. The van der Waals surface area contributed by atoms with Gasteiger partial charge in [-0.1, -0.05) is 17.3 Å². The summed E-state index contributed by atoms with van der Waals surface area (Å²) in [6.07, 6.45) is 1.67. The molecule has 2 N–H and O–H groups in total. The molecule has 0 spiro atoms. The highest BCUT2D eigenvalue weighted by Crippen LogP contribution is 2.29. The molecule has 4 heteroatoms. The van der Waals surface area contributed by atoms with E-state index in [-0.39, 0.29) is 6.04 Å². The lowest BCUT2D eigenvalue weighted by atomic mass is 10.0. The maximum atomic E-state index is 5.80. The number of rotatable bonds is 3. The molecule has 0 saturated carbocycles. The normalized spacial score (nSPS) is 12.4. The van der Waals surface area contributed by atoms with Crippen LogP contribution < -0.4 is 10.5 Å². The maximum Gasteiger partial charge on any atom is 0.160 e. The Kier molecular flexibility index (Phi) is 2.92. The molecule has 1 aromatic heterocycles. The van der Waals surface area contributed by atoms with E-state index in [0.29, 0.717) is 5.76 Å². The summed E-state index contributed by atoms with van der Waals surface area (Å²) >= 11 is 0. The Hall–Kier alpha value is -1.81. The molecule has 0 bridgehead atoms. The molecule has 0 radical (unpaired) electrons. The number of hydrogen-bond donors (Lipinski definition) is 1. The fourth-order valence-corrected chi connectivity index (χ4v) is 1.58. The molecule has 2 aromatic rings. The first-order valence-corrected chi connectivity index (χ1v) is 5.07. The largest absolute Gasteiger partial charge is 0.497 e. The minimum atomic E-state index is -0.177. The van der Waals surface area contributed by atoms with E-state index in [9.17, 15) is 0 Å². The second-order valence-electron chi connectivity index (χ2n) is 3.62. The first kappa shape index (κ1) is 10.7. The zero-order valence-corrected chi connectivity index (χ0v) is 9.31. The van der Waals surface area contributed by atoms with Crippen molar-refractivity contribution >= 4 is 0 Å². The summed E-state index contributed by atoms with van der Waals surface area (Å²) in [5.74, 6) is 1.49. The number of methoxy groups -OCH3 is 1. The fraction of sp³-hybridized carbons (Fsp3) is 0.250. The van der Waals surface area contributed by atoms with Crippen molar-refractivity contribution in [1.82, 2.24) is 5.16 Å². The van der Waals surface area contributed by atoms with Crippen LogP contribution in [-0.4, -0.2) is 12.3 Å². The van der Waals surface area contributed by atoms with Gasteiger partial charge in [0, 0.05) is 5.56 Å². The molecule has 2 rings (SSSR count). The molecule has 1 aromatic carbocycles. The topological polar surface area (TPSA) is 61.3 Å². The Morgan fingerprint density at radius 3 is 2.94 bits per heavy atom. The Morgan fingerprint density at radius 1 is 1.44 bits per heavy atom. The summed E-state index contributed by atoms with van der Waals surface area (Å²) in [5.41, 5.74) is 7.71. The monoisotopic (exact) mass is 218 g/mol. The Bertz CT molecular complexity index is 477. The summed E-state index contributed by atoms with van der Waals surface area (Å²) in [4.78, 5) is 0. The van der Waals surface area contributed by atoms with E-state index in [1.807, 2.05) is 31.2 Å². The van der Waals surface area contributed by atoms with Gasteiger partial charge in [-0.15, -0.1) is 0 Å². The van der Waals surface area contributed by atoms with Gasteiger partial charge in [0.15, 0.2) is 5.76 Å². The third-order valence-corrected chi connectivity index (χ3v) is 2.39. The van der Waals surface area contributed by atoms with E-state index in [1.165, 1.54) is 0 Å². The molecular weight excluding hydrogens is 204 g/mol. The average Bonchev–Trinajstić information content (AvgIpc) is 2.78. The van der Waals surface area contributed by atoms with Crippen molar-refractivity contribution in [2.75, 3.05) is 7.11 Å². The van der Waals surface area contributed by atoms with E-state index in [2.05, 4.69) is 5.16 Å². The van der Waals surface area contributed by atoms with Crippen molar-refractivity contribution in [1.29, 1.82) is 0 Å². The van der Waals surface area contributed by atoms with Crippen LogP contribution >= 0.6 is 0 Å². The van der Waals surface area contributed by atoms with Crippen molar-refractivity contribution < 1.29 is 9.26 Å². The number of nitrogens with zero attached hydrogens (tertiary/aromatic N) is 1. The molecule has 1 heterocycles. The van der Waals surface area contributed by atoms with Gasteiger partial charge < -0.3 is 15.0 Å². The Balaban J connectivity index is 2.46. The van der Waals surface area contributed by atoms with Crippen LogP contribution in [0.25, 0.3) is 11.1 Å². The number of aromatic nitrogens is 1. The van der Waals surface area contributed by atoms with E-state index in [0.717, 1.165) is 16.9 Å². The number of nitrogens with two attached hydrogens (primary N) is 1. The van der Waals surface area contributed by atoms with Gasteiger partial charge in [-0.3, -0.25) is 0 Å². The molecule has 0 aliphatic carbocycles. The Morgan fingerprint density at radius 2 is 2.25 bits per heavy atom. The zero-order valence-electron chi connectivity index (χ0n) is 9.31. The standard InChI is InChI=1S/C12H14N2O2/c1-8(13)12-11(7-14-16-12)9-4-3-5-10(6-9)15-2/h3-8H,13H2,1-2H3. The lowest BCUT2D eigenvalue weighted by molar-refractivity contribution is 0.368. The molecular formula is C12H14N2O2. The van der Waals surface area contributed by atoms with Gasteiger partial charge in [0.2, 0.25) is 0 Å². The first-order valence-electron chi connectivity index (χ1n) is 5.07. The number of ether oxygens (including phenoxy) is 1. The SMILES string of the molecule is COc1cccc(-c2cnoc2C(C)N)c1. The van der Waals surface area contributed by atoms with Crippen LogP contribution in [0.15, 0.2) is 35.0 Å². The van der Waals surface area contributed by atoms with Crippen LogP contribution in [0.1, 0.15) is 18.7 Å². The van der Waals surface area contributed by atoms with Crippen LogP contribution in [-0.2, 0) is 0 Å². The lowest BCUT2D eigenvalue weighted by Crippen LogP contribution is -2.04. The third kappa shape index (κ3) is 1.92. The van der Waals surface area contributed by atoms with Crippen molar-refractivity contribution in [3.63, 3.8) is 0 Å². The Labute approximate surface area is 94.0 Å². The number of benzene rings is 1. The van der Waals surface area contributed by atoms with Crippen molar-refractivity contribution in [3.05, 3.63) is 36.2 Å². The summed E-state index contributed by atoms with van der Waals surface area (Å²) in [5, 5.41) is 3.78. The molecule has 0 fully saturated rings. The smallest absolute Gasteiger partial charge is 0.160 e. The van der Waals surface area contributed by atoms with Gasteiger partial charge in [-0.25, -0.2) is 0 Å². The van der Waals surface area contributed by atoms with Crippen LogP contribution in [0.4, 0.5) is 0 Å². The van der Waals surface area contributed by atoms with Crippen molar-refractivity contribution in [3.8, 4) is 16.9 Å². The van der Waals surface area contributed by atoms with Crippen LogP contribution in [0.5, 0.6) is 5.75 Å². The maximum absolute atomic E-state index is 5.80. The predicted molar refractivity (Wildman–Crippen MR) is 61.1 cm³/mol. The minimum absolute atomic E-state index is 0.177. The summed E-state index contributed by atoms with van der Waals surface area (Å²) in [6, 6.07) is 7.54. The summed E-state index contributed by atoms with van der Waals surface area (Å²) in [6.45, 7) is 1.87. The molecule has 0 amide bonds. The highest BCUT2D eigenvalue weighted by Gasteiger charge is 2.14. The molecule has 1 unspecified atom stereocenters. The van der Waals surface area contributed by atoms with Gasteiger partial charge >= 0.3 is 0 Å². The predicted octanol–water partition coefficient (Wildman–Crippen LogP) is 2.37. The van der Waals surface area contributed by atoms with Gasteiger partial charge in [0.25, 0.3) is 0 Å². The van der Waals surface area contributed by atoms with Crippen LogP contribution in [0.3, 0.4) is 0 Å². The van der Waals surface area contributed by atoms with E-state index in [4.69, 9.17) is 15.0 Å². The number of hydrogen-bond acceptors (Lipinski definition) is 4. The molecule has 1 atom stereocenters. The highest BCUT2D eigenvalue weighted by molar-refractivity contribution is 5.66. The third-order valence-electron chi connectivity index (χ3n) is 2.39. The van der Waals surface area contributed by atoms with E-state index in [1.54, 1.807) is 13.3 Å². The van der Waals surface area contributed by atoms with Gasteiger partial charge in [0.1, 0.15) is 5.75 Å². The van der Waals surface area contributed by atoms with Gasteiger partial charge in [-0.2, -0.15) is 0 Å². The molecule has 0 aliphatic rings. The highest BCUT2D eigenvalue weighted by atomic mass is 16.5. The van der Waals surface area contributed by atoms with Crippen molar-refractivity contribution in [2.45, 2.75) is 13.0 Å². The van der Waals surface area contributed by atoms with Gasteiger partial charge in [-0.05, 0) is 24.6 Å². The molecule has 84 valence electrons. The first-order chi connectivity index (χ1) is 7.72. The van der Waals surface area contributed by atoms with Crippen molar-refractivity contribution in [2.24, 2.45) is 5.73 Å². The molecule has 4 nitrogen and oxygen atoms in total. The summed E-state index contributed by atoms with van der Waals surface area (Å²) < 4.78 is 10.3. The summed E-state index contributed by atoms with van der Waals surface area (Å²) in [7, 11) is 1.64. The quantitative estimate of drug-likeness (QED) is 0.859. The average molecular weight is 218 g/mol. The van der Waals surface area contributed by atoms with Gasteiger partial charge in [0.05, 0.1) is 19.3 Å². The minimum Gasteiger partial charge on any atom is -0.497 e. The molecule has 0 saturated heterocycles. The van der Waals surface area contributed by atoms with Crippen LogP contribution in [0, 0.1) is 0 Å². The molecule has 16 heavy (non-hydrogen) atoms. The van der Waals surface area contributed by atoms with E-state index < -0.39 is 0 Å². The fourth-order valence-electron chi connectivity index (χ4n) is 1.58. The zero-order chi connectivity index (χ0) is 11.5. The second kappa shape index (κ2) is 4.37. The van der Waals surface area contributed by atoms with Crippen LogP contribution in [0.2, 0.25) is 0 Å².